The predicted molar refractivity (Wildman–Crippen MR) is 111 cm³/mol. The largest absolute Gasteiger partial charge is 0.497 e. The van der Waals surface area contributed by atoms with E-state index in [0.29, 0.717) is 11.3 Å². The third-order valence-corrected chi connectivity index (χ3v) is 6.10. The summed E-state index contributed by atoms with van der Waals surface area (Å²) in [5.74, 6) is 0.123. The first-order valence-electron chi connectivity index (χ1n) is 8.21. The number of ketones is 1. The van der Waals surface area contributed by atoms with Crippen LogP contribution in [0.1, 0.15) is 10.4 Å². The number of esters is 1. The number of fused-ring (bicyclic) bond motifs is 1. The Labute approximate surface area is 170 Å². The molecule has 0 aliphatic heterocycles. The molecule has 0 aromatic heterocycles. The molecule has 4 nitrogen and oxygen atoms in total. The van der Waals surface area contributed by atoms with Gasteiger partial charge >= 0.3 is 5.97 Å². The molecule has 0 spiro atoms. The summed E-state index contributed by atoms with van der Waals surface area (Å²) in [6.07, 6.45) is 0. The molecule has 0 unspecified atom stereocenters. The van der Waals surface area contributed by atoms with Gasteiger partial charge in [-0.2, -0.15) is 0 Å². The van der Waals surface area contributed by atoms with Crippen LogP contribution in [0.25, 0.3) is 10.8 Å². The molecule has 0 bridgehead atoms. The van der Waals surface area contributed by atoms with Gasteiger partial charge in [-0.3, -0.25) is 9.59 Å². The van der Waals surface area contributed by atoms with Gasteiger partial charge in [-0.25, -0.2) is 0 Å². The van der Waals surface area contributed by atoms with Crippen LogP contribution < -0.4 is 4.74 Å². The highest BCUT2D eigenvalue weighted by Gasteiger charge is 2.12. The van der Waals surface area contributed by atoms with Crippen molar-refractivity contribution in [2.24, 2.45) is 0 Å². The van der Waals surface area contributed by atoms with Gasteiger partial charge < -0.3 is 9.47 Å². The van der Waals surface area contributed by atoms with Crippen LogP contribution in [0.2, 0.25) is 0 Å². The molecule has 0 aliphatic rings. The van der Waals surface area contributed by atoms with Gasteiger partial charge in [0.05, 0.1) is 12.9 Å². The summed E-state index contributed by atoms with van der Waals surface area (Å²) >= 11 is 4.97. The zero-order valence-corrected chi connectivity index (χ0v) is 17.0. The molecular formula is C21H17BrO4S. The second kappa shape index (κ2) is 9.06. The zero-order valence-electron chi connectivity index (χ0n) is 14.6. The molecule has 3 aromatic rings. The normalized spacial score (nSPS) is 10.6. The van der Waals surface area contributed by atoms with Crippen molar-refractivity contribution < 1.29 is 19.1 Å². The van der Waals surface area contributed by atoms with E-state index in [9.17, 15) is 9.59 Å². The van der Waals surface area contributed by atoms with Crippen LogP contribution in [0, 0.1) is 0 Å². The Morgan fingerprint density at radius 2 is 1.74 bits per heavy atom. The fourth-order valence-corrected chi connectivity index (χ4v) is 4.10. The van der Waals surface area contributed by atoms with E-state index in [0.717, 1.165) is 20.1 Å². The van der Waals surface area contributed by atoms with E-state index in [1.165, 1.54) is 11.8 Å². The van der Waals surface area contributed by atoms with Crippen molar-refractivity contribution in [2.75, 3.05) is 19.5 Å². The minimum Gasteiger partial charge on any atom is -0.497 e. The maximum atomic E-state index is 12.1. The number of hydrogen-bond acceptors (Lipinski definition) is 5. The van der Waals surface area contributed by atoms with Gasteiger partial charge in [0.25, 0.3) is 0 Å². The van der Waals surface area contributed by atoms with Gasteiger partial charge in [0.15, 0.2) is 12.4 Å². The molecule has 0 atom stereocenters. The van der Waals surface area contributed by atoms with Crippen LogP contribution in [0.4, 0.5) is 0 Å². The minimum atomic E-state index is -0.429. The van der Waals surface area contributed by atoms with Crippen LogP contribution >= 0.6 is 27.7 Å². The molecule has 0 N–H and O–H groups in total. The molecule has 0 saturated carbocycles. The Bertz CT molecular complexity index is 970. The van der Waals surface area contributed by atoms with Crippen molar-refractivity contribution in [2.45, 2.75) is 4.90 Å². The number of rotatable bonds is 7. The van der Waals surface area contributed by atoms with Gasteiger partial charge in [0, 0.05) is 14.9 Å². The molecule has 0 saturated heterocycles. The van der Waals surface area contributed by atoms with Gasteiger partial charge in [-0.15, -0.1) is 11.8 Å². The maximum Gasteiger partial charge on any atom is 0.316 e. The molecule has 27 heavy (non-hydrogen) atoms. The van der Waals surface area contributed by atoms with Crippen LogP contribution in [0.15, 0.2) is 70.0 Å². The van der Waals surface area contributed by atoms with E-state index in [4.69, 9.17) is 9.47 Å². The summed E-state index contributed by atoms with van der Waals surface area (Å²) in [7, 11) is 1.56. The number of carbonyl (C=O) groups excluding carboxylic acids is 2. The first-order valence-corrected chi connectivity index (χ1v) is 9.99. The summed E-state index contributed by atoms with van der Waals surface area (Å²) in [4.78, 5) is 25.0. The highest BCUT2D eigenvalue weighted by molar-refractivity contribution is 9.10. The lowest BCUT2D eigenvalue weighted by Gasteiger charge is -2.08. The highest BCUT2D eigenvalue weighted by Crippen LogP contribution is 2.34. The fourth-order valence-electron chi connectivity index (χ4n) is 2.51. The Morgan fingerprint density at radius 3 is 2.48 bits per heavy atom. The topological polar surface area (TPSA) is 52.6 Å². The number of hydrogen-bond donors (Lipinski definition) is 0. The lowest BCUT2D eigenvalue weighted by atomic mass is 10.1. The third-order valence-electron chi connectivity index (χ3n) is 3.95. The number of benzene rings is 3. The average Bonchev–Trinajstić information content (AvgIpc) is 2.71. The van der Waals surface area contributed by atoms with Crippen LogP contribution in [-0.2, 0) is 9.53 Å². The third kappa shape index (κ3) is 4.90. The Kier molecular flexibility index (Phi) is 6.53. The van der Waals surface area contributed by atoms with E-state index in [1.54, 1.807) is 31.4 Å². The van der Waals surface area contributed by atoms with E-state index < -0.39 is 5.97 Å². The SMILES string of the molecule is COc1ccc(C(=O)COC(=O)CSc2ccc3ccccc3c2Br)cc1. The lowest BCUT2D eigenvalue weighted by molar-refractivity contribution is -0.139. The number of ether oxygens (including phenoxy) is 2. The Hall–Kier alpha value is -2.31. The molecule has 3 rings (SSSR count). The van der Waals surface area contributed by atoms with Crippen LogP contribution in [0.5, 0.6) is 5.75 Å². The standard InChI is InChI=1S/C21H17BrO4S/c1-25-16-9-6-15(7-10-16)18(23)12-26-20(24)13-27-19-11-8-14-4-2-3-5-17(14)21(19)22/h2-11H,12-13H2,1H3. The second-order valence-electron chi connectivity index (χ2n) is 5.70. The molecule has 0 radical (unpaired) electrons. The van der Waals surface area contributed by atoms with Crippen molar-refractivity contribution >= 4 is 50.2 Å². The predicted octanol–water partition coefficient (Wildman–Crippen LogP) is 5.13. The van der Waals surface area contributed by atoms with Crippen molar-refractivity contribution in [1.82, 2.24) is 0 Å². The number of halogens is 1. The molecule has 138 valence electrons. The summed E-state index contributed by atoms with van der Waals surface area (Å²) in [6, 6.07) is 18.7. The zero-order chi connectivity index (χ0) is 19.2. The van der Waals surface area contributed by atoms with Crippen LogP contribution in [0.3, 0.4) is 0 Å². The van der Waals surface area contributed by atoms with Gasteiger partial charge in [-0.1, -0.05) is 30.3 Å². The first-order chi connectivity index (χ1) is 13.1. The van der Waals surface area contributed by atoms with Gasteiger partial charge in [-0.05, 0) is 57.0 Å². The van der Waals surface area contributed by atoms with Crippen molar-refractivity contribution in [3.63, 3.8) is 0 Å². The van der Waals surface area contributed by atoms with Gasteiger partial charge in [0.1, 0.15) is 5.75 Å². The van der Waals surface area contributed by atoms with Crippen LogP contribution in [-0.4, -0.2) is 31.2 Å². The quantitative estimate of drug-likeness (QED) is 0.287. The molecule has 0 amide bonds. The van der Waals surface area contributed by atoms with E-state index in [1.807, 2.05) is 36.4 Å². The molecule has 0 heterocycles. The smallest absolute Gasteiger partial charge is 0.316 e. The van der Waals surface area contributed by atoms with Gasteiger partial charge in [0.2, 0.25) is 0 Å². The van der Waals surface area contributed by atoms with E-state index in [-0.39, 0.29) is 18.1 Å². The van der Waals surface area contributed by atoms with E-state index >= 15 is 0 Å². The summed E-state index contributed by atoms with van der Waals surface area (Å²) in [5.41, 5.74) is 0.480. The van der Waals surface area contributed by atoms with Crippen molar-refractivity contribution in [1.29, 1.82) is 0 Å². The molecule has 0 aliphatic carbocycles. The molecular weight excluding hydrogens is 428 g/mol. The maximum absolute atomic E-state index is 12.1. The molecule has 0 fully saturated rings. The summed E-state index contributed by atoms with van der Waals surface area (Å²) < 4.78 is 11.1. The highest BCUT2D eigenvalue weighted by atomic mass is 79.9. The molecule has 3 aromatic carbocycles. The number of thioether (sulfide) groups is 1. The summed E-state index contributed by atoms with van der Waals surface area (Å²) in [5, 5.41) is 2.21. The van der Waals surface area contributed by atoms with Crippen molar-refractivity contribution in [3.8, 4) is 5.75 Å². The minimum absolute atomic E-state index is 0.132. The monoisotopic (exact) mass is 444 g/mol. The lowest BCUT2D eigenvalue weighted by Crippen LogP contribution is -2.15. The number of methoxy groups -OCH3 is 1. The van der Waals surface area contributed by atoms with Crippen molar-refractivity contribution in [3.05, 3.63) is 70.7 Å². The Balaban J connectivity index is 1.53. The molecule has 6 heteroatoms. The second-order valence-corrected chi connectivity index (χ2v) is 7.51. The fraction of sp³-hybridized carbons (Fsp3) is 0.143. The Morgan fingerprint density at radius 1 is 1.00 bits per heavy atom. The summed E-state index contributed by atoms with van der Waals surface area (Å²) in [6.45, 7) is -0.273. The van der Waals surface area contributed by atoms with E-state index in [2.05, 4.69) is 15.9 Å². The number of carbonyl (C=O) groups is 2. The first kappa shape index (κ1) is 19.5. The number of Topliss-reactive ketones (excluding diaryl/α,β-unsaturated/α-hetero) is 1. The average molecular weight is 445 g/mol.